The molecule has 0 saturated heterocycles. The summed E-state index contributed by atoms with van der Waals surface area (Å²) in [5, 5.41) is 3.46. The van der Waals surface area contributed by atoms with E-state index in [4.69, 9.17) is 0 Å². The molecule has 0 aliphatic heterocycles. The van der Waals surface area contributed by atoms with E-state index in [0.717, 1.165) is 12.3 Å². The molecule has 0 saturated carbocycles. The monoisotopic (exact) mass is 271 g/mol. The normalized spacial score (nSPS) is 18.7. The van der Waals surface area contributed by atoms with Gasteiger partial charge in [0.1, 0.15) is 0 Å². The van der Waals surface area contributed by atoms with Crippen LogP contribution in [0, 0.1) is 0 Å². The van der Waals surface area contributed by atoms with Crippen molar-refractivity contribution in [2.24, 2.45) is 0 Å². The third-order valence-corrected chi connectivity index (χ3v) is 5.48. The Morgan fingerprint density at radius 1 is 1.47 bits per heavy atom. The molecule has 2 unspecified atom stereocenters. The Morgan fingerprint density at radius 2 is 2.24 bits per heavy atom. The highest BCUT2D eigenvalue weighted by atomic mass is 32.2. The van der Waals surface area contributed by atoms with E-state index in [1.54, 1.807) is 16.7 Å². The van der Waals surface area contributed by atoms with Crippen LogP contribution in [0.25, 0.3) is 0 Å². The average Bonchev–Trinajstić information content (AvgIpc) is 2.71. The molecule has 0 bridgehead atoms. The molecule has 0 radical (unpaired) electrons. The minimum atomic E-state index is -0.690. The van der Waals surface area contributed by atoms with E-state index in [-0.39, 0.29) is 0 Å². The van der Waals surface area contributed by atoms with Crippen molar-refractivity contribution in [2.75, 3.05) is 18.6 Å². The van der Waals surface area contributed by atoms with Gasteiger partial charge in [-0.3, -0.25) is 4.21 Å². The summed E-state index contributed by atoms with van der Waals surface area (Å²) in [6.07, 6.45) is 6.99. The van der Waals surface area contributed by atoms with Gasteiger partial charge in [0.05, 0.1) is 0 Å². The summed E-state index contributed by atoms with van der Waals surface area (Å²) in [7, 11) is -0.690. The van der Waals surface area contributed by atoms with Crippen LogP contribution in [0.1, 0.15) is 41.1 Å². The predicted octanol–water partition coefficient (Wildman–Crippen LogP) is 2.66. The van der Waals surface area contributed by atoms with Gasteiger partial charge in [0.15, 0.2) is 0 Å². The van der Waals surface area contributed by atoms with Crippen molar-refractivity contribution in [1.82, 2.24) is 5.32 Å². The summed E-state index contributed by atoms with van der Waals surface area (Å²) in [4.78, 5) is 3.04. The number of rotatable bonds is 5. The van der Waals surface area contributed by atoms with Crippen molar-refractivity contribution in [2.45, 2.75) is 38.6 Å². The number of aryl methyl sites for hydroxylation is 2. The number of nitrogens with one attached hydrogen (secondary N) is 1. The molecule has 2 nitrogen and oxygen atoms in total. The van der Waals surface area contributed by atoms with Gasteiger partial charge >= 0.3 is 0 Å². The Bertz CT molecular complexity index is 377. The smallest absolute Gasteiger partial charge is 0.0386 e. The molecule has 0 aromatic carbocycles. The highest BCUT2D eigenvalue weighted by Gasteiger charge is 2.16. The lowest BCUT2D eigenvalue weighted by Crippen LogP contribution is -2.22. The predicted molar refractivity (Wildman–Crippen MR) is 76.3 cm³/mol. The Kier molecular flexibility index (Phi) is 4.77. The van der Waals surface area contributed by atoms with Gasteiger partial charge in [0.25, 0.3) is 0 Å². The van der Waals surface area contributed by atoms with E-state index in [1.807, 2.05) is 11.3 Å². The van der Waals surface area contributed by atoms with Crippen LogP contribution < -0.4 is 5.32 Å². The van der Waals surface area contributed by atoms with Crippen molar-refractivity contribution < 1.29 is 4.21 Å². The first-order valence-corrected chi connectivity index (χ1v) is 8.86. The standard InChI is InChI=1S/C13H21NOS2/c1-10(14-7-8-17(2)15)13-9-11-5-3-4-6-12(11)16-13/h9-10,14H,3-8H2,1-2H3. The molecule has 1 aromatic rings. The lowest BCUT2D eigenvalue weighted by molar-refractivity contribution is 0.605. The third-order valence-electron chi connectivity index (χ3n) is 3.28. The van der Waals surface area contributed by atoms with Crippen LogP contribution in [0.4, 0.5) is 0 Å². The van der Waals surface area contributed by atoms with Crippen molar-refractivity contribution >= 4 is 22.1 Å². The maximum atomic E-state index is 11.0. The van der Waals surface area contributed by atoms with Crippen molar-refractivity contribution in [3.8, 4) is 0 Å². The zero-order chi connectivity index (χ0) is 12.3. The number of hydrogen-bond acceptors (Lipinski definition) is 3. The lowest BCUT2D eigenvalue weighted by Gasteiger charge is -2.10. The van der Waals surface area contributed by atoms with E-state index in [1.165, 1.54) is 30.6 Å². The molecule has 2 atom stereocenters. The van der Waals surface area contributed by atoms with Crippen molar-refractivity contribution in [1.29, 1.82) is 0 Å². The minimum absolute atomic E-state index is 0.397. The number of hydrogen-bond donors (Lipinski definition) is 1. The third kappa shape index (κ3) is 3.63. The molecule has 96 valence electrons. The molecule has 4 heteroatoms. The number of thiophene rings is 1. The van der Waals surface area contributed by atoms with Crippen LogP contribution in [0.5, 0.6) is 0 Å². The topological polar surface area (TPSA) is 29.1 Å². The zero-order valence-electron chi connectivity index (χ0n) is 10.6. The highest BCUT2D eigenvalue weighted by Crippen LogP contribution is 2.32. The second kappa shape index (κ2) is 6.12. The first kappa shape index (κ1) is 13.2. The highest BCUT2D eigenvalue weighted by molar-refractivity contribution is 7.84. The van der Waals surface area contributed by atoms with Crippen molar-refractivity contribution in [3.63, 3.8) is 0 Å². The lowest BCUT2D eigenvalue weighted by atomic mass is 9.99. The van der Waals surface area contributed by atoms with Crippen molar-refractivity contribution in [3.05, 3.63) is 21.4 Å². The second-order valence-corrected chi connectivity index (χ2v) is 7.48. The fraction of sp³-hybridized carbons (Fsp3) is 0.692. The van der Waals surface area contributed by atoms with Gasteiger partial charge in [0.2, 0.25) is 0 Å². The van der Waals surface area contributed by atoms with Gasteiger partial charge in [-0.05, 0) is 44.2 Å². The van der Waals surface area contributed by atoms with Gasteiger partial charge in [-0.1, -0.05) is 0 Å². The minimum Gasteiger partial charge on any atom is -0.309 e. The molecule has 1 aromatic heterocycles. The Balaban J connectivity index is 1.92. The van der Waals surface area contributed by atoms with Crippen LogP contribution in [-0.4, -0.2) is 22.8 Å². The van der Waals surface area contributed by atoms with E-state index in [0.29, 0.717) is 6.04 Å². The Morgan fingerprint density at radius 3 is 2.94 bits per heavy atom. The molecule has 1 aliphatic carbocycles. The fourth-order valence-corrected chi connectivity index (χ4v) is 3.94. The molecular weight excluding hydrogens is 250 g/mol. The summed E-state index contributed by atoms with van der Waals surface area (Å²) < 4.78 is 11.0. The first-order valence-electron chi connectivity index (χ1n) is 6.31. The maximum absolute atomic E-state index is 11.0. The number of fused-ring (bicyclic) bond motifs is 1. The molecule has 1 heterocycles. The molecule has 0 spiro atoms. The summed E-state index contributed by atoms with van der Waals surface area (Å²) in [5.74, 6) is 0.745. The molecule has 2 rings (SSSR count). The van der Waals surface area contributed by atoms with E-state index >= 15 is 0 Å². The largest absolute Gasteiger partial charge is 0.309 e. The first-order chi connectivity index (χ1) is 8.16. The van der Waals surface area contributed by atoms with Crippen LogP contribution in [0.2, 0.25) is 0 Å². The van der Waals surface area contributed by atoms with Crippen LogP contribution in [0.3, 0.4) is 0 Å². The van der Waals surface area contributed by atoms with Gasteiger partial charge in [-0.15, -0.1) is 11.3 Å². The maximum Gasteiger partial charge on any atom is 0.0386 e. The summed E-state index contributed by atoms with van der Waals surface area (Å²) in [5.41, 5.74) is 1.57. The van der Waals surface area contributed by atoms with Crippen LogP contribution in [-0.2, 0) is 23.6 Å². The molecule has 1 N–H and O–H groups in total. The van der Waals surface area contributed by atoms with Crippen LogP contribution in [0.15, 0.2) is 6.07 Å². The molecule has 1 aliphatic rings. The zero-order valence-corrected chi connectivity index (χ0v) is 12.3. The second-order valence-electron chi connectivity index (χ2n) is 4.76. The average molecular weight is 271 g/mol. The van der Waals surface area contributed by atoms with Gasteiger partial charge < -0.3 is 5.32 Å². The molecule has 0 amide bonds. The van der Waals surface area contributed by atoms with E-state index in [2.05, 4.69) is 18.3 Å². The molecule has 17 heavy (non-hydrogen) atoms. The summed E-state index contributed by atoms with van der Waals surface area (Å²) in [6, 6.07) is 2.77. The Hall–Kier alpha value is -0.190. The van der Waals surface area contributed by atoms with E-state index in [9.17, 15) is 4.21 Å². The van der Waals surface area contributed by atoms with Crippen LogP contribution >= 0.6 is 11.3 Å². The van der Waals surface area contributed by atoms with Gasteiger partial charge in [-0.25, -0.2) is 0 Å². The van der Waals surface area contributed by atoms with Gasteiger partial charge in [-0.2, -0.15) is 0 Å². The molecular formula is C13H21NOS2. The summed E-state index contributed by atoms with van der Waals surface area (Å²) in [6.45, 7) is 3.04. The SMILES string of the molecule is CC(NCCS(C)=O)c1cc2c(s1)CCCC2. The quantitative estimate of drug-likeness (QED) is 0.892. The molecule has 0 fully saturated rings. The van der Waals surface area contributed by atoms with E-state index < -0.39 is 10.8 Å². The fourth-order valence-electron chi connectivity index (χ4n) is 2.25. The summed E-state index contributed by atoms with van der Waals surface area (Å²) >= 11 is 1.96. The van der Waals surface area contributed by atoms with Gasteiger partial charge in [0, 0.05) is 45.1 Å². The Labute approximate surface area is 110 Å².